The van der Waals surface area contributed by atoms with Gasteiger partial charge in [0, 0.05) is 30.5 Å². The summed E-state index contributed by atoms with van der Waals surface area (Å²) < 4.78 is 5.53. The van der Waals surface area contributed by atoms with E-state index in [1.54, 1.807) is 11.3 Å². The van der Waals surface area contributed by atoms with E-state index in [4.69, 9.17) is 9.72 Å². The number of aromatic amines is 1. The van der Waals surface area contributed by atoms with Crippen molar-refractivity contribution in [3.8, 4) is 0 Å². The fourth-order valence-corrected chi connectivity index (χ4v) is 5.99. The van der Waals surface area contributed by atoms with Crippen LogP contribution in [0.5, 0.6) is 0 Å². The highest BCUT2D eigenvalue weighted by Crippen LogP contribution is 2.35. The first-order valence-corrected chi connectivity index (χ1v) is 11.0. The van der Waals surface area contributed by atoms with Crippen molar-refractivity contribution in [2.45, 2.75) is 63.4 Å². The monoisotopic (exact) mass is 387 g/mol. The minimum Gasteiger partial charge on any atom is -0.368 e. The summed E-state index contributed by atoms with van der Waals surface area (Å²) in [5.41, 5.74) is 1.26. The molecule has 1 unspecified atom stereocenters. The van der Waals surface area contributed by atoms with Crippen LogP contribution in [0.3, 0.4) is 0 Å². The third-order valence-electron chi connectivity index (χ3n) is 6.24. The number of piperidine rings is 1. The molecule has 1 N–H and O–H groups in total. The standard InChI is InChI=1S/C20H25N3O3S/c24-18-16-13-4-1-2-6-15(13)27-19(16)22-17(21-18)12-7-9-23(10-8-12)20(25)14-5-3-11-26-14/h12,14H,1-11H2,(H,21,22,24). The molecule has 1 amide bonds. The molecule has 0 saturated carbocycles. The number of likely N-dealkylation sites (tertiary alicyclic amines) is 1. The van der Waals surface area contributed by atoms with Crippen LogP contribution in [0.4, 0.5) is 0 Å². The van der Waals surface area contributed by atoms with Crippen LogP contribution in [0, 0.1) is 0 Å². The molecule has 0 radical (unpaired) electrons. The van der Waals surface area contributed by atoms with Crippen LogP contribution in [0.15, 0.2) is 4.79 Å². The number of hydrogen-bond donors (Lipinski definition) is 1. The van der Waals surface area contributed by atoms with E-state index in [9.17, 15) is 9.59 Å². The van der Waals surface area contributed by atoms with Crippen LogP contribution in [-0.4, -0.2) is 46.6 Å². The van der Waals surface area contributed by atoms with Gasteiger partial charge in [0.05, 0.1) is 5.39 Å². The lowest BCUT2D eigenvalue weighted by Crippen LogP contribution is -2.43. The van der Waals surface area contributed by atoms with Crippen molar-refractivity contribution in [3.05, 3.63) is 26.6 Å². The van der Waals surface area contributed by atoms with E-state index >= 15 is 0 Å². The van der Waals surface area contributed by atoms with Crippen molar-refractivity contribution in [1.29, 1.82) is 0 Å². The highest BCUT2D eigenvalue weighted by Gasteiger charge is 2.32. The lowest BCUT2D eigenvalue weighted by atomic mass is 9.95. The summed E-state index contributed by atoms with van der Waals surface area (Å²) in [6, 6.07) is 0. The van der Waals surface area contributed by atoms with Crippen LogP contribution in [0.25, 0.3) is 10.2 Å². The second-order valence-electron chi connectivity index (χ2n) is 7.94. The molecule has 1 aliphatic carbocycles. The molecule has 5 rings (SSSR count). The highest BCUT2D eigenvalue weighted by atomic mass is 32.1. The summed E-state index contributed by atoms with van der Waals surface area (Å²) in [5, 5.41) is 0.824. The summed E-state index contributed by atoms with van der Waals surface area (Å²) in [6.45, 7) is 2.13. The molecule has 2 aromatic heterocycles. The molecular formula is C20H25N3O3S. The molecule has 3 aliphatic rings. The number of carbonyl (C=O) groups excluding carboxylic acids is 1. The summed E-state index contributed by atoms with van der Waals surface area (Å²) in [7, 11) is 0. The first-order chi connectivity index (χ1) is 13.2. The summed E-state index contributed by atoms with van der Waals surface area (Å²) in [6.07, 6.45) is 7.72. The van der Waals surface area contributed by atoms with Crippen molar-refractivity contribution < 1.29 is 9.53 Å². The largest absolute Gasteiger partial charge is 0.368 e. The van der Waals surface area contributed by atoms with Gasteiger partial charge >= 0.3 is 0 Å². The molecule has 144 valence electrons. The second-order valence-corrected chi connectivity index (χ2v) is 9.03. The van der Waals surface area contributed by atoms with Crippen molar-refractivity contribution >= 4 is 27.5 Å². The molecule has 0 bridgehead atoms. The number of H-pyrrole nitrogens is 1. The minimum absolute atomic E-state index is 0.0206. The molecule has 0 aromatic carbocycles. The Balaban J connectivity index is 1.34. The van der Waals surface area contributed by atoms with E-state index in [0.717, 1.165) is 61.0 Å². The molecule has 6 nitrogen and oxygen atoms in total. The Morgan fingerprint density at radius 1 is 1.15 bits per heavy atom. The number of nitrogens with zero attached hydrogens (tertiary/aromatic N) is 2. The Hall–Kier alpha value is -1.73. The minimum atomic E-state index is -0.242. The van der Waals surface area contributed by atoms with Gasteiger partial charge in [0.1, 0.15) is 16.8 Å². The van der Waals surface area contributed by atoms with Crippen molar-refractivity contribution in [2.24, 2.45) is 0 Å². The van der Waals surface area contributed by atoms with Crippen molar-refractivity contribution in [1.82, 2.24) is 14.9 Å². The number of carbonyl (C=O) groups is 1. The quantitative estimate of drug-likeness (QED) is 0.860. The number of aryl methyl sites for hydroxylation is 2. The maximum atomic E-state index is 12.8. The van der Waals surface area contributed by atoms with E-state index in [1.165, 1.54) is 16.9 Å². The van der Waals surface area contributed by atoms with Crippen LogP contribution < -0.4 is 5.56 Å². The molecule has 2 fully saturated rings. The molecule has 2 aromatic rings. The number of amides is 1. The smallest absolute Gasteiger partial charge is 0.259 e. The van der Waals surface area contributed by atoms with Gasteiger partial charge in [0.15, 0.2) is 0 Å². The van der Waals surface area contributed by atoms with Crippen LogP contribution in [0.2, 0.25) is 0 Å². The number of hydrogen-bond acceptors (Lipinski definition) is 5. The lowest BCUT2D eigenvalue weighted by molar-refractivity contribution is -0.142. The first-order valence-electron chi connectivity index (χ1n) is 10.2. The zero-order valence-corrected chi connectivity index (χ0v) is 16.3. The Bertz CT molecular complexity index is 920. The number of aromatic nitrogens is 2. The van der Waals surface area contributed by atoms with E-state index in [1.807, 2.05) is 4.90 Å². The van der Waals surface area contributed by atoms with Gasteiger partial charge in [-0.1, -0.05) is 0 Å². The third kappa shape index (κ3) is 3.10. The number of fused-ring (bicyclic) bond motifs is 3. The normalized spacial score (nSPS) is 23.7. The summed E-state index contributed by atoms with van der Waals surface area (Å²) in [5.74, 6) is 1.15. The van der Waals surface area contributed by atoms with Gasteiger partial charge in [-0.3, -0.25) is 9.59 Å². The molecular weight excluding hydrogens is 362 g/mol. The van der Waals surface area contributed by atoms with Crippen LogP contribution in [-0.2, 0) is 22.4 Å². The zero-order valence-electron chi connectivity index (χ0n) is 15.5. The summed E-state index contributed by atoms with van der Waals surface area (Å²) in [4.78, 5) is 37.4. The number of ether oxygens (including phenoxy) is 1. The second kappa shape index (κ2) is 7.02. The predicted molar refractivity (Wildman–Crippen MR) is 104 cm³/mol. The maximum Gasteiger partial charge on any atom is 0.259 e. The van der Waals surface area contributed by atoms with E-state index < -0.39 is 0 Å². The van der Waals surface area contributed by atoms with Gasteiger partial charge in [-0.25, -0.2) is 4.98 Å². The SMILES string of the molecule is O=C(C1CCCO1)N1CCC(c2nc3sc4c(c3c(=O)[nH]2)CCCC4)CC1. The van der Waals surface area contributed by atoms with Gasteiger partial charge in [0.25, 0.3) is 11.5 Å². The van der Waals surface area contributed by atoms with E-state index in [-0.39, 0.29) is 23.5 Å². The van der Waals surface area contributed by atoms with Crippen molar-refractivity contribution in [2.75, 3.05) is 19.7 Å². The fraction of sp³-hybridized carbons (Fsp3) is 0.650. The van der Waals surface area contributed by atoms with Gasteiger partial charge in [-0.2, -0.15) is 0 Å². The molecule has 7 heteroatoms. The molecule has 27 heavy (non-hydrogen) atoms. The summed E-state index contributed by atoms with van der Waals surface area (Å²) >= 11 is 1.70. The fourth-order valence-electron chi connectivity index (χ4n) is 4.72. The van der Waals surface area contributed by atoms with Crippen LogP contribution in [0.1, 0.15) is 60.7 Å². The van der Waals surface area contributed by atoms with Gasteiger partial charge < -0.3 is 14.6 Å². The molecule has 2 aliphatic heterocycles. The first kappa shape index (κ1) is 17.4. The maximum absolute atomic E-state index is 12.8. The van der Waals surface area contributed by atoms with E-state index in [2.05, 4.69) is 4.98 Å². The Labute approximate surface area is 161 Å². The third-order valence-corrected chi connectivity index (χ3v) is 7.43. The molecule has 2 saturated heterocycles. The zero-order chi connectivity index (χ0) is 18.4. The van der Waals surface area contributed by atoms with Crippen molar-refractivity contribution in [3.63, 3.8) is 0 Å². The number of thiophene rings is 1. The Morgan fingerprint density at radius 3 is 2.74 bits per heavy atom. The van der Waals surface area contributed by atoms with Crippen LogP contribution >= 0.6 is 11.3 Å². The highest BCUT2D eigenvalue weighted by molar-refractivity contribution is 7.18. The topological polar surface area (TPSA) is 75.3 Å². The molecule has 0 spiro atoms. The van der Waals surface area contributed by atoms with E-state index in [0.29, 0.717) is 19.7 Å². The Kier molecular flexibility index (Phi) is 4.52. The molecule has 4 heterocycles. The predicted octanol–water partition coefficient (Wildman–Crippen LogP) is 2.75. The number of rotatable bonds is 2. The average molecular weight is 388 g/mol. The molecule has 1 atom stereocenters. The Morgan fingerprint density at radius 2 is 1.96 bits per heavy atom. The van der Waals surface area contributed by atoms with Gasteiger partial charge in [0.2, 0.25) is 0 Å². The van der Waals surface area contributed by atoms with Gasteiger partial charge in [-0.15, -0.1) is 11.3 Å². The lowest BCUT2D eigenvalue weighted by Gasteiger charge is -2.32. The number of nitrogens with one attached hydrogen (secondary N) is 1. The van der Waals surface area contributed by atoms with Gasteiger partial charge in [-0.05, 0) is 56.9 Å². The average Bonchev–Trinajstić information content (AvgIpc) is 3.35.